The summed E-state index contributed by atoms with van der Waals surface area (Å²) >= 11 is 0. The van der Waals surface area contributed by atoms with Crippen LogP contribution in [-0.2, 0) is 25.5 Å². The lowest BCUT2D eigenvalue weighted by Gasteiger charge is -2.25. The van der Waals surface area contributed by atoms with Gasteiger partial charge in [-0.2, -0.15) is 0 Å². The first-order valence-corrected chi connectivity index (χ1v) is 11.7. The zero-order chi connectivity index (χ0) is 26.5. The van der Waals surface area contributed by atoms with E-state index in [0.29, 0.717) is 40.5 Å². The number of aliphatic hydroxyl groups is 1. The standard InChI is InChI=1S/C29H27NO7/c1-4-37-23-7-5-6-20(17-23)27(32)25-26(19-10-14-22(35-2)15-11-19)30(29(34)28(25)33)21-12-8-18(9-13-21)16-24(31)36-3/h5-15,17,26,32H,4,16H2,1-3H3/b27-25-. The van der Waals surface area contributed by atoms with Crippen molar-refractivity contribution in [3.8, 4) is 11.5 Å². The van der Waals surface area contributed by atoms with E-state index in [1.165, 1.54) is 12.0 Å². The van der Waals surface area contributed by atoms with Crippen LogP contribution in [0, 0.1) is 0 Å². The summed E-state index contributed by atoms with van der Waals surface area (Å²) in [5.41, 5.74) is 2.07. The number of ether oxygens (including phenoxy) is 3. The van der Waals surface area contributed by atoms with E-state index in [-0.39, 0.29) is 23.7 Å². The second-order valence-electron chi connectivity index (χ2n) is 8.32. The zero-order valence-electron chi connectivity index (χ0n) is 20.8. The lowest BCUT2D eigenvalue weighted by atomic mass is 9.95. The molecular weight excluding hydrogens is 474 g/mol. The quantitative estimate of drug-likeness (QED) is 0.211. The zero-order valence-corrected chi connectivity index (χ0v) is 20.8. The molecule has 1 aliphatic rings. The fourth-order valence-electron chi connectivity index (χ4n) is 4.27. The van der Waals surface area contributed by atoms with Crippen molar-refractivity contribution in [3.63, 3.8) is 0 Å². The summed E-state index contributed by atoms with van der Waals surface area (Å²) in [4.78, 5) is 39.7. The molecule has 3 aromatic rings. The van der Waals surface area contributed by atoms with E-state index < -0.39 is 17.7 Å². The molecule has 3 aromatic carbocycles. The first-order chi connectivity index (χ1) is 17.9. The van der Waals surface area contributed by atoms with E-state index >= 15 is 0 Å². The van der Waals surface area contributed by atoms with E-state index in [4.69, 9.17) is 14.2 Å². The van der Waals surface area contributed by atoms with Gasteiger partial charge in [-0.15, -0.1) is 0 Å². The Morgan fingerprint density at radius 3 is 2.27 bits per heavy atom. The number of anilines is 1. The first-order valence-electron chi connectivity index (χ1n) is 11.7. The van der Waals surface area contributed by atoms with Crippen LogP contribution in [0.15, 0.2) is 78.4 Å². The summed E-state index contributed by atoms with van der Waals surface area (Å²) in [5, 5.41) is 11.3. The minimum Gasteiger partial charge on any atom is -0.507 e. The smallest absolute Gasteiger partial charge is 0.309 e. The van der Waals surface area contributed by atoms with E-state index in [1.54, 1.807) is 79.9 Å². The van der Waals surface area contributed by atoms with Gasteiger partial charge in [0.05, 0.1) is 38.9 Å². The number of ketones is 1. The van der Waals surface area contributed by atoms with Crippen LogP contribution < -0.4 is 14.4 Å². The molecule has 1 fully saturated rings. The van der Waals surface area contributed by atoms with E-state index in [2.05, 4.69) is 0 Å². The Bertz CT molecular complexity index is 1340. The van der Waals surface area contributed by atoms with Crippen molar-refractivity contribution in [2.45, 2.75) is 19.4 Å². The van der Waals surface area contributed by atoms with Gasteiger partial charge >= 0.3 is 5.97 Å². The maximum atomic E-state index is 13.3. The van der Waals surface area contributed by atoms with Gasteiger partial charge < -0.3 is 19.3 Å². The number of amides is 1. The second kappa shape index (κ2) is 11.0. The van der Waals surface area contributed by atoms with Gasteiger partial charge in [0, 0.05) is 11.3 Å². The summed E-state index contributed by atoms with van der Waals surface area (Å²) in [5.74, 6) is -1.13. The number of Topliss-reactive ketones (excluding diaryl/α,β-unsaturated/α-hetero) is 1. The van der Waals surface area contributed by atoms with Gasteiger partial charge in [0.2, 0.25) is 0 Å². The van der Waals surface area contributed by atoms with E-state index in [9.17, 15) is 19.5 Å². The summed E-state index contributed by atoms with van der Waals surface area (Å²) in [6.07, 6.45) is 0.0771. The molecule has 1 N–H and O–H groups in total. The van der Waals surface area contributed by atoms with Crippen molar-refractivity contribution < 1.29 is 33.7 Å². The molecule has 1 aliphatic heterocycles. The molecule has 8 heteroatoms. The Hall–Kier alpha value is -4.59. The third kappa shape index (κ3) is 5.18. The number of hydrogen-bond donors (Lipinski definition) is 1. The van der Waals surface area contributed by atoms with Crippen LogP contribution in [0.2, 0.25) is 0 Å². The molecule has 0 saturated carbocycles. The van der Waals surface area contributed by atoms with Crippen LogP contribution in [0.1, 0.15) is 29.7 Å². The summed E-state index contributed by atoms with van der Waals surface area (Å²) in [6.45, 7) is 2.28. The second-order valence-corrected chi connectivity index (χ2v) is 8.32. The van der Waals surface area contributed by atoms with Crippen molar-refractivity contribution in [1.82, 2.24) is 0 Å². The van der Waals surface area contributed by atoms with Gasteiger partial charge in [0.25, 0.3) is 11.7 Å². The normalized spacial score (nSPS) is 16.5. The lowest BCUT2D eigenvalue weighted by molar-refractivity contribution is -0.139. The molecular formula is C29H27NO7. The van der Waals surface area contributed by atoms with Gasteiger partial charge in [-0.3, -0.25) is 19.3 Å². The number of aliphatic hydroxyl groups excluding tert-OH is 1. The summed E-state index contributed by atoms with van der Waals surface area (Å²) in [6, 6.07) is 19.5. The number of benzene rings is 3. The summed E-state index contributed by atoms with van der Waals surface area (Å²) < 4.78 is 15.5. The van der Waals surface area contributed by atoms with E-state index in [0.717, 1.165) is 0 Å². The first kappa shape index (κ1) is 25.5. The van der Waals surface area contributed by atoms with Crippen LogP contribution >= 0.6 is 0 Å². The monoisotopic (exact) mass is 501 g/mol. The maximum absolute atomic E-state index is 13.3. The van der Waals surface area contributed by atoms with Crippen molar-refractivity contribution >= 4 is 29.1 Å². The highest BCUT2D eigenvalue weighted by Crippen LogP contribution is 2.42. The molecule has 37 heavy (non-hydrogen) atoms. The van der Waals surface area contributed by atoms with Gasteiger partial charge in [-0.25, -0.2) is 0 Å². The molecule has 1 atom stereocenters. The van der Waals surface area contributed by atoms with Crippen molar-refractivity contribution in [2.24, 2.45) is 0 Å². The van der Waals surface area contributed by atoms with E-state index in [1.807, 2.05) is 6.92 Å². The van der Waals surface area contributed by atoms with Crippen LogP contribution in [0.3, 0.4) is 0 Å². The predicted molar refractivity (Wildman–Crippen MR) is 138 cm³/mol. The molecule has 0 aromatic heterocycles. The molecule has 4 rings (SSSR count). The minimum atomic E-state index is -0.895. The predicted octanol–water partition coefficient (Wildman–Crippen LogP) is 4.44. The molecule has 0 aliphatic carbocycles. The number of carbonyl (C=O) groups excluding carboxylic acids is 3. The molecule has 190 valence electrons. The number of methoxy groups -OCH3 is 2. The molecule has 0 bridgehead atoms. The number of esters is 1. The molecule has 1 amide bonds. The molecule has 0 spiro atoms. The Morgan fingerprint density at radius 1 is 0.946 bits per heavy atom. The van der Waals surface area contributed by atoms with Gasteiger partial charge in [0.1, 0.15) is 17.3 Å². The highest BCUT2D eigenvalue weighted by molar-refractivity contribution is 6.51. The van der Waals surface area contributed by atoms with Crippen molar-refractivity contribution in [3.05, 3.63) is 95.1 Å². The van der Waals surface area contributed by atoms with Crippen LogP contribution in [0.4, 0.5) is 5.69 Å². The highest BCUT2D eigenvalue weighted by atomic mass is 16.5. The maximum Gasteiger partial charge on any atom is 0.309 e. The van der Waals surface area contributed by atoms with Gasteiger partial charge in [-0.05, 0) is 54.4 Å². The SMILES string of the molecule is CCOc1cccc(/C(O)=C2/C(=O)C(=O)N(c3ccc(CC(=O)OC)cc3)C2c2ccc(OC)cc2)c1. The topological polar surface area (TPSA) is 102 Å². The Kier molecular flexibility index (Phi) is 7.57. The largest absolute Gasteiger partial charge is 0.507 e. The van der Waals surface area contributed by atoms with Crippen LogP contribution in [-0.4, -0.2) is 43.6 Å². The third-order valence-electron chi connectivity index (χ3n) is 6.09. The third-order valence-corrected chi connectivity index (χ3v) is 6.09. The van der Waals surface area contributed by atoms with Crippen molar-refractivity contribution in [2.75, 3.05) is 25.7 Å². The Labute approximate surface area is 214 Å². The fraction of sp³-hybridized carbons (Fsp3) is 0.207. The van der Waals surface area contributed by atoms with Gasteiger partial charge in [-0.1, -0.05) is 36.4 Å². The molecule has 1 saturated heterocycles. The number of rotatable bonds is 8. The molecule has 1 unspecified atom stereocenters. The average molecular weight is 502 g/mol. The number of hydrogen-bond acceptors (Lipinski definition) is 7. The van der Waals surface area contributed by atoms with Crippen LogP contribution in [0.5, 0.6) is 11.5 Å². The van der Waals surface area contributed by atoms with Crippen molar-refractivity contribution in [1.29, 1.82) is 0 Å². The average Bonchev–Trinajstić information content (AvgIpc) is 3.19. The highest BCUT2D eigenvalue weighted by Gasteiger charge is 2.47. The molecule has 8 nitrogen and oxygen atoms in total. The molecule has 0 radical (unpaired) electrons. The minimum absolute atomic E-state index is 0.0394. The fourth-order valence-corrected chi connectivity index (χ4v) is 4.27. The Balaban J connectivity index is 1.84. The van der Waals surface area contributed by atoms with Gasteiger partial charge in [0.15, 0.2) is 0 Å². The number of nitrogens with zero attached hydrogens (tertiary/aromatic N) is 1. The lowest BCUT2D eigenvalue weighted by Crippen LogP contribution is -2.29. The number of carbonyl (C=O) groups is 3. The summed E-state index contributed by atoms with van der Waals surface area (Å²) in [7, 11) is 2.86. The molecule has 1 heterocycles. The van der Waals surface area contributed by atoms with Crippen LogP contribution in [0.25, 0.3) is 5.76 Å². The Morgan fingerprint density at radius 2 is 1.65 bits per heavy atom.